The van der Waals surface area contributed by atoms with E-state index in [1.54, 1.807) is 26.0 Å². The number of phenolic OH excluding ortho intramolecular Hbond substituents is 2. The van der Waals surface area contributed by atoms with Gasteiger partial charge in [-0.25, -0.2) is 0 Å². The van der Waals surface area contributed by atoms with Crippen molar-refractivity contribution >= 4 is 11.8 Å². The van der Waals surface area contributed by atoms with Crippen molar-refractivity contribution < 1.29 is 19.8 Å². The molecule has 120 valence electrons. The lowest BCUT2D eigenvalue weighted by Gasteiger charge is -2.11. The third-order valence-corrected chi connectivity index (χ3v) is 3.59. The molecule has 0 saturated heterocycles. The summed E-state index contributed by atoms with van der Waals surface area (Å²) in [5, 5.41) is 18.9. The Kier molecular flexibility index (Phi) is 4.85. The topological polar surface area (TPSA) is 98.7 Å². The van der Waals surface area contributed by atoms with Gasteiger partial charge in [-0.15, -0.1) is 0 Å². The van der Waals surface area contributed by atoms with Gasteiger partial charge < -0.3 is 10.2 Å². The van der Waals surface area contributed by atoms with Gasteiger partial charge in [-0.2, -0.15) is 0 Å². The summed E-state index contributed by atoms with van der Waals surface area (Å²) in [6, 6.07) is 9.27. The van der Waals surface area contributed by atoms with Gasteiger partial charge in [-0.05, 0) is 54.8 Å². The molecule has 0 unspecified atom stereocenters. The van der Waals surface area contributed by atoms with Gasteiger partial charge in [0.25, 0.3) is 5.91 Å². The van der Waals surface area contributed by atoms with Crippen molar-refractivity contribution in [3.05, 3.63) is 58.7 Å². The highest BCUT2D eigenvalue weighted by Gasteiger charge is 2.13. The Labute approximate surface area is 133 Å². The molecular formula is C17H18N2O4. The summed E-state index contributed by atoms with van der Waals surface area (Å²) < 4.78 is 0. The van der Waals surface area contributed by atoms with Gasteiger partial charge in [0.2, 0.25) is 5.91 Å². The van der Waals surface area contributed by atoms with Crippen molar-refractivity contribution in [3.63, 3.8) is 0 Å². The summed E-state index contributed by atoms with van der Waals surface area (Å²) in [4.78, 5) is 23.9. The van der Waals surface area contributed by atoms with Crippen LogP contribution in [0.15, 0.2) is 36.4 Å². The number of carbonyl (C=O) groups is 2. The molecule has 0 bridgehead atoms. The number of nitrogens with one attached hydrogen (secondary N) is 2. The van der Waals surface area contributed by atoms with Crippen molar-refractivity contribution in [2.75, 3.05) is 0 Å². The Morgan fingerprint density at radius 1 is 1.00 bits per heavy atom. The molecule has 0 radical (unpaired) electrons. The average Bonchev–Trinajstić information content (AvgIpc) is 2.50. The molecule has 6 heteroatoms. The second-order valence-electron chi connectivity index (χ2n) is 5.23. The third-order valence-electron chi connectivity index (χ3n) is 3.59. The molecule has 0 aliphatic carbocycles. The van der Waals surface area contributed by atoms with E-state index in [1.807, 2.05) is 0 Å². The Morgan fingerprint density at radius 2 is 1.74 bits per heavy atom. The molecule has 0 aromatic heterocycles. The summed E-state index contributed by atoms with van der Waals surface area (Å²) in [5.41, 5.74) is 6.93. The molecule has 6 nitrogen and oxygen atoms in total. The number of aromatic hydroxyl groups is 2. The maximum absolute atomic E-state index is 12.1. The second-order valence-corrected chi connectivity index (χ2v) is 5.23. The maximum Gasteiger partial charge on any atom is 0.269 e. The van der Waals surface area contributed by atoms with Crippen LogP contribution in [0.1, 0.15) is 27.0 Å². The Bertz CT molecular complexity index is 756. The van der Waals surface area contributed by atoms with Gasteiger partial charge >= 0.3 is 0 Å². The van der Waals surface area contributed by atoms with Crippen molar-refractivity contribution in [3.8, 4) is 11.5 Å². The normalized spacial score (nSPS) is 10.2. The van der Waals surface area contributed by atoms with E-state index in [0.29, 0.717) is 22.3 Å². The third kappa shape index (κ3) is 4.00. The number of rotatable bonds is 3. The first kappa shape index (κ1) is 16.4. The quantitative estimate of drug-likeness (QED) is 0.648. The second kappa shape index (κ2) is 6.83. The lowest BCUT2D eigenvalue weighted by Crippen LogP contribution is -2.42. The van der Waals surface area contributed by atoms with Crippen molar-refractivity contribution in [2.24, 2.45) is 0 Å². The summed E-state index contributed by atoms with van der Waals surface area (Å²) >= 11 is 0. The number of hydrogen-bond acceptors (Lipinski definition) is 4. The number of amides is 2. The minimum Gasteiger partial charge on any atom is -0.508 e. The van der Waals surface area contributed by atoms with Crippen molar-refractivity contribution in [2.45, 2.75) is 20.3 Å². The first-order valence-electron chi connectivity index (χ1n) is 7.04. The van der Waals surface area contributed by atoms with Gasteiger partial charge in [0, 0.05) is 5.56 Å². The number of hydrogen-bond donors (Lipinski definition) is 4. The van der Waals surface area contributed by atoms with Crippen LogP contribution in [-0.4, -0.2) is 22.0 Å². The first-order valence-corrected chi connectivity index (χ1v) is 7.04. The molecule has 0 atom stereocenters. The highest BCUT2D eigenvalue weighted by molar-refractivity contribution is 5.97. The van der Waals surface area contributed by atoms with Crippen LogP contribution in [0.25, 0.3) is 0 Å². The van der Waals surface area contributed by atoms with Crippen LogP contribution in [0, 0.1) is 13.8 Å². The first-order chi connectivity index (χ1) is 10.9. The van der Waals surface area contributed by atoms with E-state index in [9.17, 15) is 19.8 Å². The molecule has 0 aliphatic rings. The molecule has 0 aliphatic heterocycles. The van der Waals surface area contributed by atoms with E-state index in [0.717, 1.165) is 0 Å². The van der Waals surface area contributed by atoms with Crippen LogP contribution in [0.2, 0.25) is 0 Å². The number of phenols is 2. The Hall–Kier alpha value is -3.02. The van der Waals surface area contributed by atoms with Gasteiger partial charge in [0.05, 0.1) is 6.42 Å². The van der Waals surface area contributed by atoms with Gasteiger partial charge in [0.15, 0.2) is 0 Å². The largest absolute Gasteiger partial charge is 0.508 e. The molecule has 0 spiro atoms. The zero-order chi connectivity index (χ0) is 17.0. The highest BCUT2D eigenvalue weighted by Crippen LogP contribution is 2.22. The predicted molar refractivity (Wildman–Crippen MR) is 85.0 cm³/mol. The van der Waals surface area contributed by atoms with E-state index in [2.05, 4.69) is 10.9 Å². The standard InChI is InChI=1S/C17H18N2O4/c1-10-11(2)15(21)7-6-14(10)17(23)19-18-16(22)9-12-4-3-5-13(20)8-12/h3-8,20-21H,9H2,1-2H3,(H,18,22)(H,19,23). The summed E-state index contributed by atoms with van der Waals surface area (Å²) in [6.07, 6.45) is 0.0300. The average molecular weight is 314 g/mol. The fourth-order valence-corrected chi connectivity index (χ4v) is 2.14. The van der Waals surface area contributed by atoms with Gasteiger partial charge in [0.1, 0.15) is 11.5 Å². The highest BCUT2D eigenvalue weighted by atomic mass is 16.3. The van der Waals surface area contributed by atoms with Crippen LogP contribution in [0.4, 0.5) is 0 Å². The number of benzene rings is 2. The Morgan fingerprint density at radius 3 is 2.43 bits per heavy atom. The molecule has 2 amide bonds. The molecule has 2 aromatic carbocycles. The van der Waals surface area contributed by atoms with Crippen LogP contribution in [0.3, 0.4) is 0 Å². The minimum atomic E-state index is -0.463. The van der Waals surface area contributed by atoms with Gasteiger partial charge in [-0.3, -0.25) is 20.4 Å². The fourth-order valence-electron chi connectivity index (χ4n) is 2.14. The van der Waals surface area contributed by atoms with E-state index in [1.165, 1.54) is 24.3 Å². The zero-order valence-corrected chi connectivity index (χ0v) is 12.9. The molecule has 2 rings (SSSR count). The van der Waals surface area contributed by atoms with Crippen molar-refractivity contribution in [1.29, 1.82) is 0 Å². The van der Waals surface area contributed by atoms with Gasteiger partial charge in [-0.1, -0.05) is 12.1 Å². The van der Waals surface area contributed by atoms with Crippen LogP contribution in [-0.2, 0) is 11.2 Å². The fraction of sp³-hybridized carbons (Fsp3) is 0.176. The van der Waals surface area contributed by atoms with E-state index in [4.69, 9.17) is 0 Å². The molecule has 23 heavy (non-hydrogen) atoms. The monoisotopic (exact) mass is 314 g/mol. The predicted octanol–water partition coefficient (Wildman–Crippen LogP) is 1.72. The van der Waals surface area contributed by atoms with Crippen LogP contribution in [0.5, 0.6) is 11.5 Å². The molecule has 0 heterocycles. The smallest absolute Gasteiger partial charge is 0.269 e. The lowest BCUT2D eigenvalue weighted by atomic mass is 10.0. The molecular weight excluding hydrogens is 296 g/mol. The lowest BCUT2D eigenvalue weighted by molar-refractivity contribution is -0.121. The maximum atomic E-state index is 12.1. The zero-order valence-electron chi connectivity index (χ0n) is 12.9. The minimum absolute atomic E-state index is 0.0300. The van der Waals surface area contributed by atoms with Crippen molar-refractivity contribution in [1.82, 2.24) is 10.9 Å². The number of hydrazine groups is 1. The summed E-state index contributed by atoms with van der Waals surface area (Å²) in [6.45, 7) is 3.43. The summed E-state index contributed by atoms with van der Waals surface area (Å²) in [7, 11) is 0. The SMILES string of the molecule is Cc1c(O)ccc(C(=O)NNC(=O)Cc2cccc(O)c2)c1C. The molecule has 0 saturated carbocycles. The Balaban J connectivity index is 1.96. The van der Waals surface area contributed by atoms with E-state index in [-0.39, 0.29) is 17.9 Å². The summed E-state index contributed by atoms with van der Waals surface area (Å²) in [5.74, 6) is -0.673. The number of carbonyl (C=O) groups excluding carboxylic acids is 2. The van der Waals surface area contributed by atoms with Crippen LogP contribution < -0.4 is 10.9 Å². The molecule has 2 aromatic rings. The molecule has 0 fully saturated rings. The van der Waals surface area contributed by atoms with Crippen LogP contribution >= 0.6 is 0 Å². The van der Waals surface area contributed by atoms with E-state index >= 15 is 0 Å². The molecule has 4 N–H and O–H groups in total. The van der Waals surface area contributed by atoms with E-state index < -0.39 is 11.8 Å².